The van der Waals surface area contributed by atoms with Crippen molar-refractivity contribution >= 4 is 28.1 Å². The van der Waals surface area contributed by atoms with Crippen molar-refractivity contribution in [1.29, 1.82) is 0 Å². The molecule has 2 aromatic rings. The van der Waals surface area contributed by atoms with Crippen molar-refractivity contribution in [2.45, 2.75) is 37.9 Å². The predicted octanol–water partition coefficient (Wildman–Crippen LogP) is 2.66. The van der Waals surface area contributed by atoms with Gasteiger partial charge in [-0.05, 0) is 28.7 Å². The highest BCUT2D eigenvalue weighted by Gasteiger charge is 2.21. The van der Waals surface area contributed by atoms with Crippen molar-refractivity contribution in [1.82, 2.24) is 10.0 Å². The average Bonchev–Trinajstić information content (AvgIpc) is 3.07. The Kier molecular flexibility index (Phi) is 6.35. The van der Waals surface area contributed by atoms with Crippen molar-refractivity contribution in [2.75, 3.05) is 0 Å². The Labute approximate surface area is 158 Å². The zero-order valence-electron chi connectivity index (χ0n) is 14.2. The van der Waals surface area contributed by atoms with E-state index >= 15 is 0 Å². The molecule has 0 bridgehead atoms. The molecule has 1 aliphatic heterocycles. The standard InChI is InChI=1S/C17H19N3O4S.ClH/c1-2-13-5-6-16(20(21)22)8-17(13)25(23,24)19-9-12-3-4-14-10-18-11-15(14)7-12;/h3-8,18-19H,2,9-11H2,1H3;1H. The Morgan fingerprint density at radius 1 is 1.15 bits per heavy atom. The van der Waals surface area contributed by atoms with Gasteiger partial charge in [-0.15, -0.1) is 12.4 Å². The number of non-ortho nitro benzene ring substituents is 1. The van der Waals surface area contributed by atoms with Gasteiger partial charge in [0.15, 0.2) is 0 Å². The van der Waals surface area contributed by atoms with E-state index in [0.717, 1.165) is 24.7 Å². The number of benzene rings is 2. The molecular weight excluding hydrogens is 378 g/mol. The van der Waals surface area contributed by atoms with E-state index in [1.165, 1.54) is 23.3 Å². The fourth-order valence-corrected chi connectivity index (χ4v) is 4.26. The lowest BCUT2D eigenvalue weighted by atomic mass is 10.1. The largest absolute Gasteiger partial charge is 0.309 e. The molecule has 0 unspecified atom stereocenters. The molecular formula is C17H20ClN3O4S. The van der Waals surface area contributed by atoms with Crippen LogP contribution in [0.3, 0.4) is 0 Å². The molecule has 3 rings (SSSR count). The summed E-state index contributed by atoms with van der Waals surface area (Å²) >= 11 is 0. The zero-order chi connectivity index (χ0) is 18.0. The molecule has 0 atom stereocenters. The third kappa shape index (κ3) is 4.21. The Morgan fingerprint density at radius 2 is 1.88 bits per heavy atom. The van der Waals surface area contributed by atoms with E-state index in [0.29, 0.717) is 12.0 Å². The number of nitrogens with zero attached hydrogens (tertiary/aromatic N) is 1. The molecule has 0 saturated heterocycles. The van der Waals surface area contributed by atoms with Crippen molar-refractivity contribution < 1.29 is 13.3 Å². The monoisotopic (exact) mass is 397 g/mol. The second-order valence-corrected chi connectivity index (χ2v) is 7.67. The molecule has 9 heteroatoms. The Balaban J connectivity index is 0.00000243. The minimum atomic E-state index is -3.84. The SMILES string of the molecule is CCc1ccc([N+](=O)[O-])cc1S(=O)(=O)NCc1ccc2c(c1)CNC2.Cl. The molecule has 140 valence electrons. The summed E-state index contributed by atoms with van der Waals surface area (Å²) in [5.41, 5.74) is 3.56. The van der Waals surface area contributed by atoms with Crippen LogP contribution in [0.15, 0.2) is 41.3 Å². The van der Waals surface area contributed by atoms with Gasteiger partial charge in [0.1, 0.15) is 0 Å². The van der Waals surface area contributed by atoms with Crippen LogP contribution < -0.4 is 10.0 Å². The van der Waals surface area contributed by atoms with Crippen molar-refractivity contribution in [3.8, 4) is 0 Å². The van der Waals surface area contributed by atoms with Crippen LogP contribution in [0, 0.1) is 10.1 Å². The third-order valence-corrected chi connectivity index (χ3v) is 5.78. The van der Waals surface area contributed by atoms with E-state index in [1.54, 1.807) is 0 Å². The number of hydrogen-bond acceptors (Lipinski definition) is 5. The molecule has 26 heavy (non-hydrogen) atoms. The van der Waals surface area contributed by atoms with Gasteiger partial charge in [-0.3, -0.25) is 10.1 Å². The molecule has 0 spiro atoms. The van der Waals surface area contributed by atoms with Crippen LogP contribution in [0.25, 0.3) is 0 Å². The lowest BCUT2D eigenvalue weighted by Gasteiger charge is -2.11. The predicted molar refractivity (Wildman–Crippen MR) is 101 cm³/mol. The first-order valence-corrected chi connectivity index (χ1v) is 9.47. The Hall–Kier alpha value is -2.00. The summed E-state index contributed by atoms with van der Waals surface area (Å²) in [7, 11) is -3.84. The van der Waals surface area contributed by atoms with E-state index in [-0.39, 0.29) is 29.5 Å². The number of rotatable bonds is 6. The lowest BCUT2D eigenvalue weighted by molar-refractivity contribution is -0.385. The van der Waals surface area contributed by atoms with E-state index < -0.39 is 14.9 Å². The Morgan fingerprint density at radius 3 is 2.58 bits per heavy atom. The average molecular weight is 398 g/mol. The van der Waals surface area contributed by atoms with Gasteiger partial charge in [0.25, 0.3) is 5.69 Å². The normalized spacial score (nSPS) is 13.1. The number of halogens is 1. The minimum absolute atomic E-state index is 0. The second kappa shape index (κ2) is 8.13. The molecule has 0 aromatic heterocycles. The third-order valence-electron chi connectivity index (χ3n) is 4.30. The molecule has 0 aliphatic carbocycles. The zero-order valence-corrected chi connectivity index (χ0v) is 15.8. The van der Waals surface area contributed by atoms with E-state index in [2.05, 4.69) is 10.0 Å². The second-order valence-electron chi connectivity index (χ2n) is 5.93. The van der Waals surface area contributed by atoms with Gasteiger partial charge in [0, 0.05) is 31.8 Å². The van der Waals surface area contributed by atoms with Crippen LogP contribution in [-0.4, -0.2) is 13.3 Å². The molecule has 7 nitrogen and oxygen atoms in total. The summed E-state index contributed by atoms with van der Waals surface area (Å²) < 4.78 is 27.8. The number of nitro groups is 1. The maximum Gasteiger partial charge on any atom is 0.270 e. The van der Waals surface area contributed by atoms with Gasteiger partial charge in [-0.1, -0.05) is 31.2 Å². The molecule has 2 N–H and O–H groups in total. The maximum atomic E-state index is 12.6. The first-order chi connectivity index (χ1) is 11.9. The molecule has 0 saturated carbocycles. The van der Waals surface area contributed by atoms with Gasteiger partial charge in [-0.2, -0.15) is 0 Å². The van der Waals surface area contributed by atoms with Gasteiger partial charge < -0.3 is 5.32 Å². The lowest BCUT2D eigenvalue weighted by Crippen LogP contribution is -2.24. The Bertz CT molecular complexity index is 932. The van der Waals surface area contributed by atoms with Crippen molar-refractivity contribution in [2.24, 2.45) is 0 Å². The summed E-state index contributed by atoms with van der Waals surface area (Å²) in [5, 5.41) is 14.2. The van der Waals surface area contributed by atoms with E-state index in [4.69, 9.17) is 0 Å². The van der Waals surface area contributed by atoms with Crippen LogP contribution in [0.2, 0.25) is 0 Å². The number of sulfonamides is 1. The van der Waals surface area contributed by atoms with E-state index in [9.17, 15) is 18.5 Å². The van der Waals surface area contributed by atoms with Crippen LogP contribution in [-0.2, 0) is 36.1 Å². The molecule has 2 aromatic carbocycles. The van der Waals surface area contributed by atoms with Crippen LogP contribution in [0.5, 0.6) is 0 Å². The van der Waals surface area contributed by atoms with Gasteiger partial charge in [0.2, 0.25) is 10.0 Å². The quantitative estimate of drug-likeness (QED) is 0.576. The van der Waals surface area contributed by atoms with Crippen LogP contribution >= 0.6 is 12.4 Å². The number of hydrogen-bond donors (Lipinski definition) is 2. The van der Waals surface area contributed by atoms with Crippen molar-refractivity contribution in [3.63, 3.8) is 0 Å². The van der Waals surface area contributed by atoms with Crippen molar-refractivity contribution in [3.05, 3.63) is 68.8 Å². The highest BCUT2D eigenvalue weighted by molar-refractivity contribution is 7.89. The maximum absolute atomic E-state index is 12.6. The van der Waals surface area contributed by atoms with Crippen LogP contribution in [0.1, 0.15) is 29.2 Å². The van der Waals surface area contributed by atoms with Gasteiger partial charge in [0.05, 0.1) is 9.82 Å². The first-order valence-electron chi connectivity index (χ1n) is 7.99. The fourth-order valence-electron chi connectivity index (χ4n) is 2.91. The highest BCUT2D eigenvalue weighted by Crippen LogP contribution is 2.23. The molecule has 0 amide bonds. The molecule has 1 heterocycles. The molecule has 0 fully saturated rings. The van der Waals surface area contributed by atoms with E-state index in [1.807, 2.05) is 25.1 Å². The summed E-state index contributed by atoms with van der Waals surface area (Å²) in [4.78, 5) is 10.3. The topological polar surface area (TPSA) is 101 Å². The number of nitro benzene ring substituents is 1. The molecule has 0 radical (unpaired) electrons. The summed E-state index contributed by atoms with van der Waals surface area (Å²) in [6.45, 7) is 3.56. The summed E-state index contributed by atoms with van der Waals surface area (Å²) in [5.74, 6) is 0. The molecule has 1 aliphatic rings. The van der Waals surface area contributed by atoms with Gasteiger partial charge >= 0.3 is 0 Å². The summed E-state index contributed by atoms with van der Waals surface area (Å²) in [6, 6.07) is 9.80. The number of aryl methyl sites for hydroxylation is 1. The number of nitrogens with one attached hydrogen (secondary N) is 2. The van der Waals surface area contributed by atoms with Crippen LogP contribution in [0.4, 0.5) is 5.69 Å². The minimum Gasteiger partial charge on any atom is -0.309 e. The van der Waals surface area contributed by atoms with Gasteiger partial charge in [-0.25, -0.2) is 13.1 Å². The fraction of sp³-hybridized carbons (Fsp3) is 0.294. The first kappa shape index (κ1) is 20.3. The summed E-state index contributed by atoms with van der Waals surface area (Å²) in [6.07, 6.45) is 0.471. The highest BCUT2D eigenvalue weighted by atomic mass is 35.5. The smallest absolute Gasteiger partial charge is 0.270 e. The number of fused-ring (bicyclic) bond motifs is 1.